The minimum Gasteiger partial charge on any atom is -0.372 e. The molecule has 0 radical (unpaired) electrons. The van der Waals surface area contributed by atoms with Gasteiger partial charge in [-0.1, -0.05) is 12.1 Å². The lowest BCUT2D eigenvalue weighted by atomic mass is 9.90. The van der Waals surface area contributed by atoms with Gasteiger partial charge in [0.05, 0.1) is 0 Å². The van der Waals surface area contributed by atoms with Crippen molar-refractivity contribution in [2.45, 2.75) is 44.7 Å². The molecule has 1 saturated carbocycles. The average molecular weight is 260 g/mol. The smallest absolute Gasteiger partial charge is 0.159 e. The molecule has 1 aromatic carbocycles. The maximum Gasteiger partial charge on any atom is 0.159 e. The van der Waals surface area contributed by atoms with Crippen molar-refractivity contribution in [3.63, 3.8) is 0 Å². The molecule has 0 heterocycles. The van der Waals surface area contributed by atoms with Gasteiger partial charge < -0.3 is 10.2 Å². The Kier molecular flexibility index (Phi) is 4.59. The summed E-state index contributed by atoms with van der Waals surface area (Å²) in [6, 6.07) is 9.22. The molecule has 0 aliphatic heterocycles. The molecule has 3 heteroatoms. The molecule has 104 valence electrons. The summed E-state index contributed by atoms with van der Waals surface area (Å²) in [5.41, 5.74) is 1.95. The van der Waals surface area contributed by atoms with Crippen LogP contribution >= 0.6 is 0 Å². The second-order valence-corrected chi connectivity index (χ2v) is 5.51. The summed E-state index contributed by atoms with van der Waals surface area (Å²) in [6.45, 7) is 1.62. The highest BCUT2D eigenvalue weighted by molar-refractivity contribution is 5.94. The van der Waals surface area contributed by atoms with Crippen molar-refractivity contribution < 1.29 is 4.79 Å². The minimum absolute atomic E-state index is 0.133. The lowest BCUT2D eigenvalue weighted by molar-refractivity contribution is 0.101. The molecule has 1 N–H and O–H groups in total. The first-order valence-electron chi connectivity index (χ1n) is 7.13. The SMILES string of the molecule is CNC1CCC(N(C)c2cccc(C(C)=O)c2)CC1. The largest absolute Gasteiger partial charge is 0.372 e. The molecule has 0 atom stereocenters. The fourth-order valence-corrected chi connectivity index (χ4v) is 2.91. The van der Waals surface area contributed by atoms with Crippen LogP contribution in [0.4, 0.5) is 5.69 Å². The predicted octanol–water partition coefficient (Wildman–Crippen LogP) is 2.86. The summed E-state index contributed by atoms with van der Waals surface area (Å²) in [5, 5.41) is 3.36. The second-order valence-electron chi connectivity index (χ2n) is 5.51. The third kappa shape index (κ3) is 3.35. The Morgan fingerprint density at radius 2 is 1.95 bits per heavy atom. The van der Waals surface area contributed by atoms with E-state index in [4.69, 9.17) is 0 Å². The lowest BCUT2D eigenvalue weighted by Crippen LogP contribution is -2.39. The number of carbonyl (C=O) groups is 1. The zero-order valence-electron chi connectivity index (χ0n) is 12.1. The van der Waals surface area contributed by atoms with Crippen molar-refractivity contribution in [1.82, 2.24) is 5.32 Å². The quantitative estimate of drug-likeness (QED) is 0.845. The third-order valence-corrected chi connectivity index (χ3v) is 4.31. The lowest BCUT2D eigenvalue weighted by Gasteiger charge is -2.36. The van der Waals surface area contributed by atoms with E-state index in [0.717, 1.165) is 11.3 Å². The summed E-state index contributed by atoms with van der Waals surface area (Å²) in [6.07, 6.45) is 4.90. The molecular weight excluding hydrogens is 236 g/mol. The number of nitrogens with zero attached hydrogens (tertiary/aromatic N) is 1. The highest BCUT2D eigenvalue weighted by Gasteiger charge is 2.23. The number of Topliss-reactive ketones (excluding diaryl/α,β-unsaturated/α-hetero) is 1. The Labute approximate surface area is 116 Å². The van der Waals surface area contributed by atoms with Gasteiger partial charge in [-0.05, 0) is 51.8 Å². The van der Waals surface area contributed by atoms with Gasteiger partial charge in [0.2, 0.25) is 0 Å². The van der Waals surface area contributed by atoms with E-state index in [9.17, 15) is 4.79 Å². The topological polar surface area (TPSA) is 32.3 Å². The van der Waals surface area contributed by atoms with E-state index in [0.29, 0.717) is 12.1 Å². The van der Waals surface area contributed by atoms with Gasteiger partial charge in [0, 0.05) is 30.4 Å². The third-order valence-electron chi connectivity index (χ3n) is 4.31. The van der Waals surface area contributed by atoms with Crippen LogP contribution in [0.1, 0.15) is 43.0 Å². The minimum atomic E-state index is 0.133. The predicted molar refractivity (Wildman–Crippen MR) is 80.0 cm³/mol. The van der Waals surface area contributed by atoms with Crippen molar-refractivity contribution >= 4 is 11.5 Å². The molecule has 0 aromatic heterocycles. The Balaban J connectivity index is 2.05. The molecule has 1 aliphatic rings. The first-order valence-corrected chi connectivity index (χ1v) is 7.13. The van der Waals surface area contributed by atoms with Gasteiger partial charge >= 0.3 is 0 Å². The van der Waals surface area contributed by atoms with E-state index in [1.165, 1.54) is 25.7 Å². The molecule has 19 heavy (non-hydrogen) atoms. The van der Waals surface area contributed by atoms with Crippen molar-refractivity contribution in [3.8, 4) is 0 Å². The molecule has 0 unspecified atom stereocenters. The number of anilines is 1. The van der Waals surface area contributed by atoms with Gasteiger partial charge in [-0.2, -0.15) is 0 Å². The van der Waals surface area contributed by atoms with Gasteiger partial charge in [-0.3, -0.25) is 4.79 Å². The molecule has 0 bridgehead atoms. The highest BCUT2D eigenvalue weighted by atomic mass is 16.1. The first-order chi connectivity index (χ1) is 9.11. The molecule has 0 saturated heterocycles. The summed E-state index contributed by atoms with van der Waals surface area (Å²) in [5.74, 6) is 0.133. The molecule has 1 aliphatic carbocycles. The molecule has 0 amide bonds. The summed E-state index contributed by atoms with van der Waals surface area (Å²) >= 11 is 0. The van der Waals surface area contributed by atoms with Crippen molar-refractivity contribution in [1.29, 1.82) is 0 Å². The van der Waals surface area contributed by atoms with Crippen LogP contribution in [-0.4, -0.2) is 32.0 Å². The number of benzene rings is 1. The molecule has 1 aromatic rings. The van der Waals surface area contributed by atoms with E-state index < -0.39 is 0 Å². The molecule has 1 fully saturated rings. The number of nitrogens with one attached hydrogen (secondary N) is 1. The van der Waals surface area contributed by atoms with E-state index in [1.54, 1.807) is 6.92 Å². The maximum absolute atomic E-state index is 11.5. The summed E-state index contributed by atoms with van der Waals surface area (Å²) in [7, 11) is 4.19. The number of rotatable bonds is 4. The number of carbonyl (C=O) groups excluding carboxylic acids is 1. The van der Waals surface area contributed by atoms with Crippen LogP contribution in [0.25, 0.3) is 0 Å². The van der Waals surface area contributed by atoms with Crippen LogP contribution < -0.4 is 10.2 Å². The van der Waals surface area contributed by atoms with Crippen molar-refractivity contribution in [3.05, 3.63) is 29.8 Å². The van der Waals surface area contributed by atoms with E-state index >= 15 is 0 Å². The normalized spacial score (nSPS) is 23.1. The zero-order chi connectivity index (χ0) is 13.8. The van der Waals surface area contributed by atoms with E-state index in [1.807, 2.05) is 25.2 Å². The van der Waals surface area contributed by atoms with Crippen molar-refractivity contribution in [2.24, 2.45) is 0 Å². The second kappa shape index (κ2) is 6.20. The Morgan fingerprint density at radius 3 is 2.53 bits per heavy atom. The summed E-state index contributed by atoms with van der Waals surface area (Å²) in [4.78, 5) is 13.8. The Morgan fingerprint density at radius 1 is 1.26 bits per heavy atom. The van der Waals surface area contributed by atoms with Crippen LogP contribution in [0.5, 0.6) is 0 Å². The maximum atomic E-state index is 11.5. The Bertz CT molecular complexity index is 436. The number of hydrogen-bond donors (Lipinski definition) is 1. The molecular formula is C16H24N2O. The van der Waals surface area contributed by atoms with Crippen LogP contribution in [0.2, 0.25) is 0 Å². The fourth-order valence-electron chi connectivity index (χ4n) is 2.91. The van der Waals surface area contributed by atoms with Crippen LogP contribution in [0.3, 0.4) is 0 Å². The highest BCUT2D eigenvalue weighted by Crippen LogP contribution is 2.26. The van der Waals surface area contributed by atoms with Crippen LogP contribution in [0, 0.1) is 0 Å². The van der Waals surface area contributed by atoms with Crippen LogP contribution in [0.15, 0.2) is 24.3 Å². The monoisotopic (exact) mass is 260 g/mol. The first kappa shape index (κ1) is 14.1. The van der Waals surface area contributed by atoms with Gasteiger partial charge in [0.25, 0.3) is 0 Å². The van der Waals surface area contributed by atoms with Gasteiger partial charge in [0.1, 0.15) is 0 Å². The van der Waals surface area contributed by atoms with Gasteiger partial charge in [0.15, 0.2) is 5.78 Å². The molecule has 2 rings (SSSR count). The zero-order valence-corrected chi connectivity index (χ0v) is 12.1. The van der Waals surface area contributed by atoms with Gasteiger partial charge in [-0.15, -0.1) is 0 Å². The van der Waals surface area contributed by atoms with E-state index in [-0.39, 0.29) is 5.78 Å². The average Bonchev–Trinajstić information content (AvgIpc) is 2.46. The summed E-state index contributed by atoms with van der Waals surface area (Å²) < 4.78 is 0. The van der Waals surface area contributed by atoms with Gasteiger partial charge in [-0.25, -0.2) is 0 Å². The van der Waals surface area contributed by atoms with Crippen molar-refractivity contribution in [2.75, 3.05) is 19.0 Å². The fraction of sp³-hybridized carbons (Fsp3) is 0.562. The van der Waals surface area contributed by atoms with Crippen LogP contribution in [-0.2, 0) is 0 Å². The molecule has 3 nitrogen and oxygen atoms in total. The van der Waals surface area contributed by atoms with E-state index in [2.05, 4.69) is 23.3 Å². The Hall–Kier alpha value is -1.35. The number of ketones is 1. The molecule has 0 spiro atoms. The number of hydrogen-bond acceptors (Lipinski definition) is 3. The standard InChI is InChI=1S/C16H24N2O/c1-12(19)13-5-4-6-16(11-13)18(3)15-9-7-14(17-2)8-10-15/h4-6,11,14-15,17H,7-10H2,1-3H3.